The maximum Gasteiger partial charge on any atom is 0.253 e. The first-order chi connectivity index (χ1) is 14.4. The van der Waals surface area contributed by atoms with Gasteiger partial charge in [0.2, 0.25) is 0 Å². The van der Waals surface area contributed by atoms with Crippen LogP contribution in [0.15, 0.2) is 24.3 Å². The van der Waals surface area contributed by atoms with Gasteiger partial charge in [-0.1, -0.05) is 0 Å². The number of rotatable bonds is 4. The molecular weight excluding hydrogens is 378 g/mol. The smallest absolute Gasteiger partial charge is 0.253 e. The predicted molar refractivity (Wildman–Crippen MR) is 114 cm³/mol. The van der Waals surface area contributed by atoms with Gasteiger partial charge < -0.3 is 19.8 Å². The molecule has 3 bridgehead atoms. The minimum Gasteiger partial charge on any atom is -0.490 e. The molecule has 5 unspecified atom stereocenters. The summed E-state index contributed by atoms with van der Waals surface area (Å²) in [7, 11) is 1.95. The molecule has 0 aliphatic heterocycles. The number of nitrogens with zero attached hydrogens (tertiary/aromatic N) is 1. The average molecular weight is 414 g/mol. The van der Waals surface area contributed by atoms with E-state index in [0.29, 0.717) is 23.3 Å². The fraction of sp³-hybridized carbons (Fsp3) is 0.720. The minimum absolute atomic E-state index is 0.0700. The Morgan fingerprint density at radius 1 is 1.03 bits per heavy atom. The van der Waals surface area contributed by atoms with Crippen molar-refractivity contribution in [3.05, 3.63) is 29.8 Å². The van der Waals surface area contributed by atoms with Crippen molar-refractivity contribution in [2.24, 2.45) is 17.8 Å². The zero-order valence-corrected chi connectivity index (χ0v) is 18.0. The van der Waals surface area contributed by atoms with Gasteiger partial charge in [0.15, 0.2) is 0 Å². The molecule has 0 radical (unpaired) electrons. The molecule has 4 fully saturated rings. The van der Waals surface area contributed by atoms with Crippen LogP contribution in [0.1, 0.15) is 74.6 Å². The van der Waals surface area contributed by atoms with Crippen LogP contribution >= 0.6 is 0 Å². The van der Waals surface area contributed by atoms with Crippen molar-refractivity contribution in [1.29, 1.82) is 0 Å². The number of aliphatic hydroxyl groups is 2. The maximum atomic E-state index is 13.2. The molecule has 5 nitrogen and oxygen atoms in total. The largest absolute Gasteiger partial charge is 0.490 e. The van der Waals surface area contributed by atoms with Gasteiger partial charge in [-0.05, 0) is 106 Å². The number of carbonyl (C=O) groups excluding carboxylic acids is 1. The third-order valence-corrected chi connectivity index (χ3v) is 8.40. The van der Waals surface area contributed by atoms with Gasteiger partial charge in [-0.15, -0.1) is 0 Å². The van der Waals surface area contributed by atoms with E-state index in [2.05, 4.69) is 0 Å². The molecule has 5 heteroatoms. The van der Waals surface area contributed by atoms with Crippen molar-refractivity contribution in [2.45, 2.75) is 88.1 Å². The summed E-state index contributed by atoms with van der Waals surface area (Å²) < 4.78 is 6.05. The molecule has 0 heterocycles. The molecule has 0 aromatic heterocycles. The molecule has 4 aliphatic carbocycles. The van der Waals surface area contributed by atoms with E-state index in [0.717, 1.165) is 63.5 Å². The van der Waals surface area contributed by atoms with Crippen LogP contribution in [0.3, 0.4) is 0 Å². The molecule has 5 atom stereocenters. The van der Waals surface area contributed by atoms with E-state index in [1.54, 1.807) is 0 Å². The molecule has 1 aromatic rings. The summed E-state index contributed by atoms with van der Waals surface area (Å²) in [5.41, 5.74) is 0.223. The first-order valence-corrected chi connectivity index (χ1v) is 11.8. The van der Waals surface area contributed by atoms with Crippen LogP contribution in [-0.2, 0) is 0 Å². The average Bonchev–Trinajstić information content (AvgIpc) is 2.89. The summed E-state index contributed by atoms with van der Waals surface area (Å²) in [6.07, 6.45) is 9.48. The summed E-state index contributed by atoms with van der Waals surface area (Å²) >= 11 is 0. The van der Waals surface area contributed by atoms with E-state index >= 15 is 0 Å². The van der Waals surface area contributed by atoms with Crippen LogP contribution in [0.5, 0.6) is 5.75 Å². The highest BCUT2D eigenvalue weighted by molar-refractivity contribution is 5.94. The number of carbonyl (C=O) groups is 1. The quantitative estimate of drug-likeness (QED) is 0.788. The standard InChI is InChI=1S/C25H35NO4/c1-26(23-11-2-16-12-18-14-25(29,13-16)15-22(18)23)24(28)17-3-7-20(8-4-17)30-21-9-5-19(27)6-10-21/h3-4,7-8,16,18-19,21-23,27,29H,2,5-6,9-15H2,1H3. The van der Waals surface area contributed by atoms with Gasteiger partial charge in [0.05, 0.1) is 17.8 Å². The third-order valence-electron chi connectivity index (χ3n) is 8.40. The fourth-order valence-corrected chi connectivity index (χ4v) is 6.96. The number of hydrogen-bond donors (Lipinski definition) is 2. The molecule has 2 N–H and O–H groups in total. The second kappa shape index (κ2) is 7.83. The Bertz CT molecular complexity index is 772. The summed E-state index contributed by atoms with van der Waals surface area (Å²) in [4.78, 5) is 15.2. The van der Waals surface area contributed by atoms with Crippen molar-refractivity contribution in [2.75, 3.05) is 7.05 Å². The first-order valence-electron chi connectivity index (χ1n) is 11.8. The Hall–Kier alpha value is -1.59. The lowest BCUT2D eigenvalue weighted by molar-refractivity contribution is -0.00803. The van der Waals surface area contributed by atoms with E-state index in [4.69, 9.17) is 4.74 Å². The Morgan fingerprint density at radius 3 is 2.50 bits per heavy atom. The molecule has 164 valence electrons. The van der Waals surface area contributed by atoms with Crippen molar-refractivity contribution in [3.8, 4) is 5.75 Å². The topological polar surface area (TPSA) is 70.0 Å². The highest BCUT2D eigenvalue weighted by Gasteiger charge is 2.54. The normalized spacial score (nSPS) is 40.1. The van der Waals surface area contributed by atoms with E-state index in [-0.39, 0.29) is 24.2 Å². The van der Waals surface area contributed by atoms with E-state index in [9.17, 15) is 15.0 Å². The lowest BCUT2D eigenvalue weighted by Crippen LogP contribution is -2.43. The molecule has 0 saturated heterocycles. The number of fused-ring (bicyclic) bond motifs is 2. The number of ether oxygens (including phenoxy) is 1. The van der Waals surface area contributed by atoms with Crippen molar-refractivity contribution < 1.29 is 19.7 Å². The lowest BCUT2D eigenvalue weighted by atomic mass is 9.77. The minimum atomic E-state index is -0.477. The number of aliphatic hydroxyl groups excluding tert-OH is 1. The Morgan fingerprint density at radius 2 is 1.77 bits per heavy atom. The zero-order valence-electron chi connectivity index (χ0n) is 18.0. The summed E-state index contributed by atoms with van der Waals surface area (Å²) in [5, 5.41) is 20.6. The van der Waals surface area contributed by atoms with Crippen LogP contribution in [0.25, 0.3) is 0 Å². The Labute approximate surface area is 179 Å². The molecule has 4 saturated carbocycles. The van der Waals surface area contributed by atoms with Crippen molar-refractivity contribution in [3.63, 3.8) is 0 Å². The SMILES string of the molecule is CN(C(=O)c1ccc(OC2CCC(O)CC2)cc1)C1CCC2CC3CC(O)(C2)CC31. The highest BCUT2D eigenvalue weighted by Crippen LogP contribution is 2.56. The van der Waals surface area contributed by atoms with Gasteiger partial charge in [0.1, 0.15) is 5.75 Å². The molecule has 5 rings (SSSR count). The van der Waals surface area contributed by atoms with Crippen LogP contribution in [0, 0.1) is 17.8 Å². The zero-order chi connectivity index (χ0) is 20.9. The van der Waals surface area contributed by atoms with Gasteiger partial charge in [-0.25, -0.2) is 0 Å². The summed E-state index contributed by atoms with van der Waals surface area (Å²) in [6.45, 7) is 0. The maximum absolute atomic E-state index is 13.2. The van der Waals surface area contributed by atoms with Gasteiger partial charge in [-0.2, -0.15) is 0 Å². The summed E-state index contributed by atoms with van der Waals surface area (Å²) in [6, 6.07) is 7.77. The molecule has 1 amide bonds. The summed E-state index contributed by atoms with van der Waals surface area (Å²) in [5.74, 6) is 2.50. The van der Waals surface area contributed by atoms with Crippen LogP contribution in [0.2, 0.25) is 0 Å². The molecule has 4 aliphatic rings. The second-order valence-electron chi connectivity index (χ2n) is 10.5. The second-order valence-corrected chi connectivity index (χ2v) is 10.5. The number of benzene rings is 1. The van der Waals surface area contributed by atoms with Gasteiger partial charge >= 0.3 is 0 Å². The van der Waals surface area contributed by atoms with Gasteiger partial charge in [0, 0.05) is 18.7 Å². The van der Waals surface area contributed by atoms with Crippen LogP contribution < -0.4 is 4.74 Å². The lowest BCUT2D eigenvalue weighted by Gasteiger charge is -2.36. The first kappa shape index (κ1) is 20.3. The third kappa shape index (κ3) is 3.87. The molecule has 0 spiro atoms. The van der Waals surface area contributed by atoms with E-state index < -0.39 is 5.60 Å². The monoisotopic (exact) mass is 413 g/mol. The van der Waals surface area contributed by atoms with Crippen molar-refractivity contribution >= 4 is 5.91 Å². The molecular formula is C25H35NO4. The van der Waals surface area contributed by atoms with Crippen LogP contribution in [-0.4, -0.2) is 51.9 Å². The van der Waals surface area contributed by atoms with Crippen molar-refractivity contribution in [1.82, 2.24) is 4.90 Å². The van der Waals surface area contributed by atoms with E-state index in [1.165, 1.54) is 6.42 Å². The van der Waals surface area contributed by atoms with Crippen LogP contribution in [0.4, 0.5) is 0 Å². The van der Waals surface area contributed by atoms with Gasteiger partial charge in [0.25, 0.3) is 5.91 Å². The number of amides is 1. The van der Waals surface area contributed by atoms with Gasteiger partial charge in [-0.3, -0.25) is 4.79 Å². The molecule has 1 aromatic carbocycles. The highest BCUT2D eigenvalue weighted by atomic mass is 16.5. The van der Waals surface area contributed by atoms with E-state index in [1.807, 2.05) is 36.2 Å². The number of hydrogen-bond acceptors (Lipinski definition) is 4. The fourth-order valence-electron chi connectivity index (χ4n) is 6.96. The Balaban J connectivity index is 1.24. The Kier molecular flexibility index (Phi) is 5.30. The predicted octanol–water partition coefficient (Wildman–Crippen LogP) is 3.77. The molecule has 30 heavy (non-hydrogen) atoms.